The van der Waals surface area contributed by atoms with Crippen LogP contribution >= 0.6 is 0 Å². The van der Waals surface area contributed by atoms with E-state index >= 15 is 0 Å². The first-order valence-corrected chi connectivity index (χ1v) is 6.79. The summed E-state index contributed by atoms with van der Waals surface area (Å²) in [7, 11) is 0. The Morgan fingerprint density at radius 3 is 2.20 bits per heavy atom. The van der Waals surface area contributed by atoms with Crippen LogP contribution in [0.4, 0.5) is 5.82 Å². The Balaban J connectivity index is 1.81. The van der Waals surface area contributed by atoms with E-state index in [4.69, 9.17) is 5.11 Å². The summed E-state index contributed by atoms with van der Waals surface area (Å²) in [6.45, 7) is 2.17. The number of benzene rings is 1. The fraction of sp³-hybridized carbons (Fsp3) is 0.250. The molecule has 4 heteroatoms. The third-order valence-corrected chi connectivity index (χ3v) is 3.64. The van der Waals surface area contributed by atoms with Crippen LogP contribution in [-0.4, -0.2) is 29.1 Å². The molecule has 0 aliphatic carbocycles. The number of carboxylic acids is 1. The number of hydrogen-bond donors (Lipinski definition) is 1. The van der Waals surface area contributed by atoms with Crippen LogP contribution in [0.25, 0.3) is 11.1 Å². The van der Waals surface area contributed by atoms with E-state index in [-0.39, 0.29) is 0 Å². The van der Waals surface area contributed by atoms with Gasteiger partial charge in [-0.25, -0.2) is 9.78 Å². The molecule has 3 rings (SSSR count). The van der Waals surface area contributed by atoms with Gasteiger partial charge in [0.1, 0.15) is 5.82 Å². The second-order valence-electron chi connectivity index (χ2n) is 4.98. The van der Waals surface area contributed by atoms with E-state index in [1.165, 1.54) is 12.8 Å². The minimum atomic E-state index is -0.904. The van der Waals surface area contributed by atoms with E-state index in [1.807, 2.05) is 30.5 Å². The van der Waals surface area contributed by atoms with Gasteiger partial charge in [0.05, 0.1) is 5.56 Å². The SMILES string of the molecule is O=C(O)c1ccc(-c2ccc(N3CCCC3)nc2)cc1. The summed E-state index contributed by atoms with van der Waals surface area (Å²) in [5, 5.41) is 8.89. The van der Waals surface area contributed by atoms with Crippen LogP contribution in [0.3, 0.4) is 0 Å². The summed E-state index contributed by atoms with van der Waals surface area (Å²) in [4.78, 5) is 17.6. The summed E-state index contributed by atoms with van der Waals surface area (Å²) >= 11 is 0. The number of carboxylic acid groups (broad SMARTS) is 1. The molecule has 1 saturated heterocycles. The molecule has 0 unspecified atom stereocenters. The van der Waals surface area contributed by atoms with Crippen molar-refractivity contribution in [3.05, 3.63) is 48.2 Å². The quantitative estimate of drug-likeness (QED) is 0.929. The van der Waals surface area contributed by atoms with Gasteiger partial charge < -0.3 is 10.0 Å². The molecule has 2 heterocycles. The highest BCUT2D eigenvalue weighted by Crippen LogP contribution is 2.23. The average Bonchev–Trinajstić information content (AvgIpc) is 3.02. The van der Waals surface area contributed by atoms with E-state index in [9.17, 15) is 4.79 Å². The lowest BCUT2D eigenvalue weighted by Crippen LogP contribution is -2.18. The van der Waals surface area contributed by atoms with Crippen molar-refractivity contribution in [3.8, 4) is 11.1 Å². The first-order valence-electron chi connectivity index (χ1n) is 6.79. The molecule has 2 aromatic rings. The van der Waals surface area contributed by atoms with Crippen molar-refractivity contribution in [3.63, 3.8) is 0 Å². The van der Waals surface area contributed by atoms with E-state index in [0.29, 0.717) is 5.56 Å². The van der Waals surface area contributed by atoms with Crippen molar-refractivity contribution in [1.29, 1.82) is 0 Å². The van der Waals surface area contributed by atoms with Gasteiger partial charge in [0, 0.05) is 24.8 Å². The Kier molecular flexibility index (Phi) is 3.37. The third-order valence-electron chi connectivity index (χ3n) is 3.64. The predicted octanol–water partition coefficient (Wildman–Crippen LogP) is 3.05. The largest absolute Gasteiger partial charge is 0.478 e. The maximum Gasteiger partial charge on any atom is 0.335 e. The molecule has 0 spiro atoms. The summed E-state index contributed by atoms with van der Waals surface area (Å²) in [6.07, 6.45) is 4.32. The van der Waals surface area contributed by atoms with Gasteiger partial charge in [-0.2, -0.15) is 0 Å². The zero-order valence-corrected chi connectivity index (χ0v) is 11.1. The van der Waals surface area contributed by atoms with Crippen molar-refractivity contribution in [2.45, 2.75) is 12.8 Å². The lowest BCUT2D eigenvalue weighted by molar-refractivity contribution is 0.0697. The number of aromatic carboxylic acids is 1. The van der Waals surface area contributed by atoms with Gasteiger partial charge in [0.2, 0.25) is 0 Å². The van der Waals surface area contributed by atoms with Crippen LogP contribution in [0.1, 0.15) is 23.2 Å². The van der Waals surface area contributed by atoms with Gasteiger partial charge in [-0.1, -0.05) is 12.1 Å². The number of rotatable bonds is 3. The number of nitrogens with zero attached hydrogens (tertiary/aromatic N) is 2. The normalized spacial score (nSPS) is 14.5. The fourth-order valence-corrected chi connectivity index (χ4v) is 2.50. The molecule has 20 heavy (non-hydrogen) atoms. The van der Waals surface area contributed by atoms with E-state index in [0.717, 1.165) is 30.0 Å². The minimum absolute atomic E-state index is 0.301. The molecule has 4 nitrogen and oxygen atoms in total. The lowest BCUT2D eigenvalue weighted by atomic mass is 10.1. The van der Waals surface area contributed by atoms with Crippen LogP contribution in [0.2, 0.25) is 0 Å². The zero-order valence-electron chi connectivity index (χ0n) is 11.1. The van der Waals surface area contributed by atoms with Gasteiger partial charge in [-0.05, 0) is 42.7 Å². The average molecular weight is 268 g/mol. The highest BCUT2D eigenvalue weighted by Gasteiger charge is 2.13. The van der Waals surface area contributed by atoms with E-state index in [2.05, 4.69) is 9.88 Å². The Morgan fingerprint density at radius 2 is 1.65 bits per heavy atom. The lowest BCUT2D eigenvalue weighted by Gasteiger charge is -2.16. The van der Waals surface area contributed by atoms with Crippen LogP contribution in [0.15, 0.2) is 42.6 Å². The summed E-state index contributed by atoms with van der Waals surface area (Å²) in [5.74, 6) is 0.118. The molecule has 0 atom stereocenters. The van der Waals surface area contributed by atoms with Crippen molar-refractivity contribution in [2.75, 3.05) is 18.0 Å². The summed E-state index contributed by atoms with van der Waals surface area (Å²) < 4.78 is 0. The molecular weight excluding hydrogens is 252 g/mol. The van der Waals surface area contributed by atoms with Crippen LogP contribution in [0.5, 0.6) is 0 Å². The molecule has 1 fully saturated rings. The van der Waals surface area contributed by atoms with Gasteiger partial charge in [-0.3, -0.25) is 0 Å². The summed E-state index contributed by atoms with van der Waals surface area (Å²) in [5.41, 5.74) is 2.29. The van der Waals surface area contributed by atoms with Gasteiger partial charge in [0.15, 0.2) is 0 Å². The molecule has 1 aliphatic rings. The van der Waals surface area contributed by atoms with Crippen LogP contribution in [0, 0.1) is 0 Å². The van der Waals surface area contributed by atoms with Crippen LogP contribution < -0.4 is 4.90 Å². The molecule has 1 aromatic carbocycles. The van der Waals surface area contributed by atoms with Crippen molar-refractivity contribution in [2.24, 2.45) is 0 Å². The topological polar surface area (TPSA) is 53.4 Å². The van der Waals surface area contributed by atoms with Gasteiger partial charge in [0.25, 0.3) is 0 Å². The minimum Gasteiger partial charge on any atom is -0.478 e. The number of pyridine rings is 1. The molecule has 0 amide bonds. The Hall–Kier alpha value is -2.36. The number of hydrogen-bond acceptors (Lipinski definition) is 3. The monoisotopic (exact) mass is 268 g/mol. The Morgan fingerprint density at radius 1 is 1.00 bits per heavy atom. The zero-order chi connectivity index (χ0) is 13.9. The molecule has 0 bridgehead atoms. The van der Waals surface area contributed by atoms with Crippen LogP contribution in [-0.2, 0) is 0 Å². The second-order valence-corrected chi connectivity index (χ2v) is 4.98. The van der Waals surface area contributed by atoms with E-state index < -0.39 is 5.97 Å². The third kappa shape index (κ3) is 2.50. The maximum atomic E-state index is 10.8. The molecule has 1 N–H and O–H groups in total. The molecule has 1 aromatic heterocycles. The molecule has 0 saturated carbocycles. The van der Waals surface area contributed by atoms with Gasteiger partial charge >= 0.3 is 5.97 Å². The second kappa shape index (κ2) is 5.33. The first-order chi connectivity index (χ1) is 9.74. The first kappa shape index (κ1) is 12.7. The van der Waals surface area contributed by atoms with Crippen molar-refractivity contribution < 1.29 is 9.90 Å². The van der Waals surface area contributed by atoms with E-state index in [1.54, 1.807) is 12.1 Å². The Bertz CT molecular complexity index is 599. The number of anilines is 1. The van der Waals surface area contributed by atoms with Crippen molar-refractivity contribution in [1.82, 2.24) is 4.98 Å². The Labute approximate surface area is 117 Å². The summed E-state index contributed by atoms with van der Waals surface area (Å²) in [6, 6.07) is 10.9. The number of carbonyl (C=O) groups is 1. The molecule has 102 valence electrons. The van der Waals surface area contributed by atoms with Gasteiger partial charge in [-0.15, -0.1) is 0 Å². The standard InChI is InChI=1S/C16H16N2O2/c19-16(20)13-5-3-12(4-6-13)14-7-8-15(17-11-14)18-9-1-2-10-18/h3-8,11H,1-2,9-10H2,(H,19,20). The smallest absolute Gasteiger partial charge is 0.335 e. The predicted molar refractivity (Wildman–Crippen MR) is 78.1 cm³/mol. The molecular formula is C16H16N2O2. The fourth-order valence-electron chi connectivity index (χ4n) is 2.50. The highest BCUT2D eigenvalue weighted by atomic mass is 16.4. The molecule has 1 aliphatic heterocycles. The van der Waals surface area contributed by atoms with Crippen molar-refractivity contribution >= 4 is 11.8 Å². The maximum absolute atomic E-state index is 10.8. The highest BCUT2D eigenvalue weighted by molar-refractivity contribution is 5.88. The number of aromatic nitrogens is 1. The molecule has 0 radical (unpaired) electrons.